The van der Waals surface area contributed by atoms with Crippen LogP contribution in [-0.4, -0.2) is 13.1 Å². The lowest BCUT2D eigenvalue weighted by Crippen LogP contribution is -2.22. The molecule has 0 heterocycles. The van der Waals surface area contributed by atoms with Gasteiger partial charge in [-0.2, -0.15) is 0 Å². The zero-order chi connectivity index (χ0) is 14.4. The third kappa shape index (κ3) is 1.70. The van der Waals surface area contributed by atoms with Crippen LogP contribution in [0.1, 0.15) is 13.8 Å². The van der Waals surface area contributed by atoms with Gasteiger partial charge in [0.25, 0.3) is 0 Å². The average Bonchev–Trinajstić information content (AvgIpc) is 2.54. The Labute approximate surface area is 125 Å². The normalized spacial score (nSPS) is 11.7. The highest BCUT2D eigenvalue weighted by Gasteiger charge is 2.13. The topological polar surface area (TPSA) is 3.24 Å². The van der Waals surface area contributed by atoms with E-state index in [1.807, 2.05) is 0 Å². The monoisotopic (exact) mass is 273 g/mol. The summed E-state index contributed by atoms with van der Waals surface area (Å²) in [5, 5.41) is 8.21. The molecule has 104 valence electrons. The van der Waals surface area contributed by atoms with Crippen LogP contribution in [0.4, 0.5) is 5.69 Å². The summed E-state index contributed by atoms with van der Waals surface area (Å²) in [5.74, 6) is 0. The Morgan fingerprint density at radius 3 is 2.05 bits per heavy atom. The maximum Gasteiger partial charge on any atom is 0.0452 e. The van der Waals surface area contributed by atoms with E-state index in [1.54, 1.807) is 0 Å². The molecule has 4 aromatic carbocycles. The second-order valence-electron chi connectivity index (χ2n) is 5.62. The third-order valence-electron chi connectivity index (χ3n) is 4.59. The van der Waals surface area contributed by atoms with Gasteiger partial charge in [0.2, 0.25) is 0 Å². The highest BCUT2D eigenvalue weighted by Crippen LogP contribution is 2.39. The fourth-order valence-corrected chi connectivity index (χ4v) is 3.57. The van der Waals surface area contributed by atoms with E-state index in [-0.39, 0.29) is 0 Å². The highest BCUT2D eigenvalue weighted by atomic mass is 15.1. The number of nitrogens with zero attached hydrogens (tertiary/aromatic N) is 1. The summed E-state index contributed by atoms with van der Waals surface area (Å²) in [7, 11) is 0. The Morgan fingerprint density at radius 2 is 1.33 bits per heavy atom. The van der Waals surface area contributed by atoms with E-state index in [9.17, 15) is 0 Å². The molecule has 1 nitrogen and oxygen atoms in total. The van der Waals surface area contributed by atoms with Crippen LogP contribution in [0.2, 0.25) is 0 Å². The quantitative estimate of drug-likeness (QED) is 0.450. The molecular weight excluding hydrogens is 254 g/mol. The van der Waals surface area contributed by atoms with Crippen molar-refractivity contribution in [3.8, 4) is 0 Å². The van der Waals surface area contributed by atoms with Crippen LogP contribution in [0.15, 0.2) is 54.6 Å². The molecule has 0 atom stereocenters. The van der Waals surface area contributed by atoms with E-state index in [1.165, 1.54) is 38.0 Å². The number of hydrogen-bond donors (Lipinski definition) is 0. The first kappa shape index (κ1) is 12.5. The maximum atomic E-state index is 2.45. The van der Waals surface area contributed by atoms with Crippen molar-refractivity contribution in [2.45, 2.75) is 13.8 Å². The summed E-state index contributed by atoms with van der Waals surface area (Å²) in [4.78, 5) is 2.45. The van der Waals surface area contributed by atoms with Crippen molar-refractivity contribution in [3.63, 3.8) is 0 Å². The van der Waals surface area contributed by atoms with E-state index in [0.29, 0.717) is 0 Å². The van der Waals surface area contributed by atoms with Crippen LogP contribution in [0.5, 0.6) is 0 Å². The van der Waals surface area contributed by atoms with Crippen molar-refractivity contribution < 1.29 is 0 Å². The van der Waals surface area contributed by atoms with Crippen molar-refractivity contribution in [1.29, 1.82) is 0 Å². The Kier molecular flexibility index (Phi) is 2.75. The number of anilines is 1. The number of hydrogen-bond acceptors (Lipinski definition) is 1. The Bertz CT molecular complexity index is 919. The van der Waals surface area contributed by atoms with Gasteiger partial charge in [0.05, 0.1) is 0 Å². The van der Waals surface area contributed by atoms with Gasteiger partial charge in [0.15, 0.2) is 0 Å². The molecule has 0 aliphatic heterocycles. The van der Waals surface area contributed by atoms with Gasteiger partial charge in [0.1, 0.15) is 0 Å². The highest BCUT2D eigenvalue weighted by molar-refractivity contribution is 6.26. The molecule has 0 saturated heterocycles. The molecule has 4 aromatic rings. The maximum absolute atomic E-state index is 2.45. The SMILES string of the molecule is CCN(CC)c1cc2cccc3ccc4cccc1c4c32. The molecule has 4 rings (SSSR count). The van der Waals surface area contributed by atoms with Gasteiger partial charge in [-0.15, -0.1) is 0 Å². The minimum Gasteiger partial charge on any atom is -0.372 e. The first-order valence-corrected chi connectivity index (χ1v) is 7.75. The summed E-state index contributed by atoms with van der Waals surface area (Å²) >= 11 is 0. The summed E-state index contributed by atoms with van der Waals surface area (Å²) in [6, 6.07) is 20.1. The third-order valence-corrected chi connectivity index (χ3v) is 4.59. The van der Waals surface area contributed by atoms with E-state index in [2.05, 4.69) is 73.3 Å². The molecule has 0 aromatic heterocycles. The molecule has 0 radical (unpaired) electrons. The number of benzene rings is 4. The molecule has 0 fully saturated rings. The molecule has 0 bridgehead atoms. The lowest BCUT2D eigenvalue weighted by atomic mass is 9.93. The van der Waals surface area contributed by atoms with Crippen molar-refractivity contribution in [1.82, 2.24) is 0 Å². The van der Waals surface area contributed by atoms with Crippen molar-refractivity contribution >= 4 is 38.0 Å². The molecule has 0 amide bonds. The van der Waals surface area contributed by atoms with Crippen molar-refractivity contribution in [3.05, 3.63) is 54.6 Å². The van der Waals surface area contributed by atoms with Crippen LogP contribution < -0.4 is 4.90 Å². The molecule has 1 heteroatoms. The molecule has 0 saturated carbocycles. The van der Waals surface area contributed by atoms with Gasteiger partial charge in [-0.3, -0.25) is 0 Å². The Hall–Kier alpha value is -2.28. The van der Waals surface area contributed by atoms with E-state index in [0.717, 1.165) is 13.1 Å². The van der Waals surface area contributed by atoms with Crippen molar-refractivity contribution in [2.75, 3.05) is 18.0 Å². The van der Waals surface area contributed by atoms with Crippen molar-refractivity contribution in [2.24, 2.45) is 0 Å². The summed E-state index contributed by atoms with van der Waals surface area (Å²) in [5.41, 5.74) is 1.36. The van der Waals surface area contributed by atoms with Crippen LogP contribution in [0.25, 0.3) is 32.3 Å². The van der Waals surface area contributed by atoms with Gasteiger partial charge in [-0.1, -0.05) is 48.5 Å². The summed E-state index contributed by atoms with van der Waals surface area (Å²) < 4.78 is 0. The van der Waals surface area contributed by atoms with Crippen LogP contribution >= 0.6 is 0 Å². The molecule has 0 unspecified atom stereocenters. The molecule has 0 spiro atoms. The second kappa shape index (κ2) is 4.63. The molecular formula is C20H19N. The zero-order valence-electron chi connectivity index (χ0n) is 12.6. The molecule has 21 heavy (non-hydrogen) atoms. The lowest BCUT2D eigenvalue weighted by molar-refractivity contribution is 0.871. The smallest absolute Gasteiger partial charge is 0.0452 e. The minimum absolute atomic E-state index is 1.04. The average molecular weight is 273 g/mol. The molecule has 0 aliphatic rings. The first-order valence-electron chi connectivity index (χ1n) is 7.75. The first-order chi connectivity index (χ1) is 10.3. The largest absolute Gasteiger partial charge is 0.372 e. The predicted molar refractivity (Wildman–Crippen MR) is 93.7 cm³/mol. The Morgan fingerprint density at radius 1 is 0.714 bits per heavy atom. The zero-order valence-corrected chi connectivity index (χ0v) is 12.6. The fraction of sp³-hybridized carbons (Fsp3) is 0.200. The standard InChI is InChI=1S/C20H19N/c1-3-21(4-2)18-13-16-9-5-7-14-11-12-15-8-6-10-17(18)20(15)19(14)16/h5-13H,3-4H2,1-2H3. The summed E-state index contributed by atoms with van der Waals surface area (Å²) in [6.45, 7) is 6.53. The van der Waals surface area contributed by atoms with Gasteiger partial charge in [-0.05, 0) is 46.8 Å². The van der Waals surface area contributed by atoms with Gasteiger partial charge in [-0.25, -0.2) is 0 Å². The summed E-state index contributed by atoms with van der Waals surface area (Å²) in [6.07, 6.45) is 0. The second-order valence-corrected chi connectivity index (χ2v) is 5.62. The van der Waals surface area contributed by atoms with Crippen LogP contribution in [-0.2, 0) is 0 Å². The molecule has 0 aliphatic carbocycles. The van der Waals surface area contributed by atoms with Gasteiger partial charge in [0, 0.05) is 24.2 Å². The minimum atomic E-state index is 1.04. The fourth-order valence-electron chi connectivity index (χ4n) is 3.57. The van der Waals surface area contributed by atoms with E-state index >= 15 is 0 Å². The van der Waals surface area contributed by atoms with E-state index < -0.39 is 0 Å². The van der Waals surface area contributed by atoms with Crippen LogP contribution in [0, 0.1) is 0 Å². The lowest BCUT2D eigenvalue weighted by Gasteiger charge is -2.24. The number of rotatable bonds is 3. The van der Waals surface area contributed by atoms with E-state index in [4.69, 9.17) is 0 Å². The molecule has 0 N–H and O–H groups in total. The predicted octanol–water partition coefficient (Wildman–Crippen LogP) is 5.43. The van der Waals surface area contributed by atoms with Crippen LogP contribution in [0.3, 0.4) is 0 Å². The Balaban J connectivity index is 2.25. The van der Waals surface area contributed by atoms with Gasteiger partial charge < -0.3 is 4.90 Å². The van der Waals surface area contributed by atoms with Gasteiger partial charge >= 0.3 is 0 Å².